The minimum absolute atomic E-state index is 0.0134. The number of ketones is 1. The van der Waals surface area contributed by atoms with E-state index in [0.717, 1.165) is 18.4 Å². The fourth-order valence-corrected chi connectivity index (χ4v) is 3.24. The van der Waals surface area contributed by atoms with Crippen molar-refractivity contribution in [3.63, 3.8) is 0 Å². The highest BCUT2D eigenvalue weighted by molar-refractivity contribution is 5.96. The van der Waals surface area contributed by atoms with Crippen molar-refractivity contribution >= 4 is 5.78 Å². The fraction of sp³-hybridized carbons (Fsp3) is 0.450. The van der Waals surface area contributed by atoms with Crippen LogP contribution in [0.5, 0.6) is 11.5 Å². The highest BCUT2D eigenvalue weighted by atomic mass is 16.5. The molecule has 1 fully saturated rings. The molecule has 25 heavy (non-hydrogen) atoms. The molecule has 0 bridgehead atoms. The number of allylic oxidation sites excluding steroid dienone is 1. The van der Waals surface area contributed by atoms with Gasteiger partial charge in [0.1, 0.15) is 12.4 Å². The van der Waals surface area contributed by atoms with E-state index in [2.05, 4.69) is 6.58 Å². The molecule has 1 aliphatic heterocycles. The molecule has 0 radical (unpaired) electrons. The van der Waals surface area contributed by atoms with E-state index in [9.17, 15) is 4.79 Å². The zero-order valence-electron chi connectivity index (χ0n) is 14.7. The average Bonchev–Trinajstić information content (AvgIpc) is 2.62. The number of rotatable bonds is 6. The molecule has 5 nitrogen and oxygen atoms in total. The number of benzene rings is 1. The molecule has 3 atom stereocenters. The van der Waals surface area contributed by atoms with E-state index >= 15 is 0 Å². The molecule has 3 unspecified atom stereocenters. The third kappa shape index (κ3) is 4.04. The lowest BCUT2D eigenvalue weighted by Gasteiger charge is -2.37. The maximum Gasteiger partial charge on any atom is 0.208 e. The molecule has 3 rings (SSSR count). The molecule has 1 saturated carbocycles. The molecule has 1 aromatic rings. The first-order valence-corrected chi connectivity index (χ1v) is 8.55. The highest BCUT2D eigenvalue weighted by Gasteiger charge is 2.41. The Kier molecular flexibility index (Phi) is 5.43. The number of fused-ring (bicyclic) bond motifs is 1. The number of hydrogen-bond donors (Lipinski definition) is 0. The first kappa shape index (κ1) is 17.5. The summed E-state index contributed by atoms with van der Waals surface area (Å²) in [4.78, 5) is 12.8. The van der Waals surface area contributed by atoms with Crippen LogP contribution >= 0.6 is 0 Å². The molecule has 2 aliphatic rings. The predicted molar refractivity (Wildman–Crippen MR) is 93.5 cm³/mol. The molecule has 0 amide bonds. The van der Waals surface area contributed by atoms with Gasteiger partial charge in [0.25, 0.3) is 0 Å². The van der Waals surface area contributed by atoms with Crippen molar-refractivity contribution in [2.45, 2.75) is 38.4 Å². The number of Topliss-reactive ketones (excluding diaryl/α,β-unsaturated/α-hetero) is 1. The summed E-state index contributed by atoms with van der Waals surface area (Å²) in [6.07, 6.45) is 3.67. The lowest BCUT2D eigenvalue weighted by atomic mass is 9.80. The summed E-state index contributed by atoms with van der Waals surface area (Å²) in [5.74, 6) is 1.12. The van der Waals surface area contributed by atoms with Crippen molar-refractivity contribution < 1.29 is 23.7 Å². The first-order chi connectivity index (χ1) is 12.1. The smallest absolute Gasteiger partial charge is 0.208 e. The van der Waals surface area contributed by atoms with E-state index in [1.807, 2.05) is 19.1 Å². The fourth-order valence-electron chi connectivity index (χ4n) is 3.24. The number of carbonyl (C=O) groups is 1. The van der Waals surface area contributed by atoms with Crippen molar-refractivity contribution in [1.82, 2.24) is 0 Å². The standard InChI is InChI=1S/C20H24O5/c1-13(2)11-23-14-8-9-15-18(10-14)24-12-19(20(15)21)25-17-7-5-4-6-16(17)22-3/h4-7,12,14-15,18H,1,8-11H2,2-3H3. The summed E-state index contributed by atoms with van der Waals surface area (Å²) < 4.78 is 22.6. The second-order valence-corrected chi connectivity index (χ2v) is 6.58. The molecular weight excluding hydrogens is 320 g/mol. The van der Waals surface area contributed by atoms with Gasteiger partial charge in [0.05, 0.1) is 25.7 Å². The van der Waals surface area contributed by atoms with E-state index < -0.39 is 0 Å². The highest BCUT2D eigenvalue weighted by Crippen LogP contribution is 2.36. The maximum absolute atomic E-state index is 12.8. The van der Waals surface area contributed by atoms with Gasteiger partial charge >= 0.3 is 0 Å². The summed E-state index contributed by atoms with van der Waals surface area (Å²) in [7, 11) is 1.57. The van der Waals surface area contributed by atoms with Gasteiger partial charge in [-0.15, -0.1) is 0 Å². The summed E-state index contributed by atoms with van der Waals surface area (Å²) in [5.41, 5.74) is 0.996. The Morgan fingerprint density at radius 3 is 2.76 bits per heavy atom. The van der Waals surface area contributed by atoms with Crippen molar-refractivity contribution in [2.24, 2.45) is 5.92 Å². The number of para-hydroxylation sites is 2. The molecule has 1 aliphatic carbocycles. The van der Waals surface area contributed by atoms with Crippen LogP contribution in [0.2, 0.25) is 0 Å². The molecule has 5 heteroatoms. The molecule has 0 N–H and O–H groups in total. The van der Waals surface area contributed by atoms with E-state index in [1.165, 1.54) is 6.26 Å². The van der Waals surface area contributed by atoms with Gasteiger partial charge in [0.2, 0.25) is 11.5 Å². The Balaban J connectivity index is 1.66. The van der Waals surface area contributed by atoms with Crippen LogP contribution in [0.4, 0.5) is 0 Å². The number of carbonyl (C=O) groups excluding carboxylic acids is 1. The van der Waals surface area contributed by atoms with Crippen molar-refractivity contribution in [1.29, 1.82) is 0 Å². The quantitative estimate of drug-likeness (QED) is 0.738. The Morgan fingerprint density at radius 2 is 2.04 bits per heavy atom. The topological polar surface area (TPSA) is 54.0 Å². The van der Waals surface area contributed by atoms with Crippen LogP contribution in [0.25, 0.3) is 0 Å². The summed E-state index contributed by atoms with van der Waals surface area (Å²) in [5, 5.41) is 0. The minimum Gasteiger partial charge on any atom is -0.493 e. The lowest BCUT2D eigenvalue weighted by Crippen LogP contribution is -2.42. The molecular formula is C20H24O5. The van der Waals surface area contributed by atoms with Gasteiger partial charge in [-0.1, -0.05) is 24.3 Å². The number of ether oxygens (including phenoxy) is 4. The van der Waals surface area contributed by atoms with Crippen LogP contribution in [0.3, 0.4) is 0 Å². The second-order valence-electron chi connectivity index (χ2n) is 6.58. The van der Waals surface area contributed by atoms with Gasteiger partial charge in [-0.2, -0.15) is 0 Å². The van der Waals surface area contributed by atoms with Crippen molar-refractivity contribution in [3.05, 3.63) is 48.4 Å². The van der Waals surface area contributed by atoms with E-state index in [0.29, 0.717) is 24.5 Å². The molecule has 0 spiro atoms. The van der Waals surface area contributed by atoms with Crippen LogP contribution in [-0.2, 0) is 14.3 Å². The molecule has 0 saturated heterocycles. The van der Waals surface area contributed by atoms with Gasteiger partial charge in [-0.3, -0.25) is 4.79 Å². The third-order valence-corrected chi connectivity index (χ3v) is 4.53. The maximum atomic E-state index is 12.8. The molecule has 0 aromatic heterocycles. The van der Waals surface area contributed by atoms with Crippen LogP contribution in [-0.4, -0.2) is 31.7 Å². The van der Waals surface area contributed by atoms with Crippen molar-refractivity contribution in [2.75, 3.05) is 13.7 Å². The zero-order valence-corrected chi connectivity index (χ0v) is 14.7. The van der Waals surface area contributed by atoms with Crippen LogP contribution in [0, 0.1) is 5.92 Å². The van der Waals surface area contributed by atoms with E-state index in [-0.39, 0.29) is 29.7 Å². The lowest BCUT2D eigenvalue weighted by molar-refractivity contribution is -0.133. The Bertz CT molecular complexity index is 678. The minimum atomic E-state index is -0.181. The van der Waals surface area contributed by atoms with Crippen molar-refractivity contribution in [3.8, 4) is 11.5 Å². The van der Waals surface area contributed by atoms with Crippen LogP contribution in [0.15, 0.2) is 48.4 Å². The van der Waals surface area contributed by atoms with Gasteiger partial charge in [0.15, 0.2) is 11.5 Å². The normalized spacial score (nSPS) is 25.4. The average molecular weight is 344 g/mol. The van der Waals surface area contributed by atoms with Gasteiger partial charge in [-0.25, -0.2) is 0 Å². The van der Waals surface area contributed by atoms with Gasteiger partial charge in [0, 0.05) is 6.42 Å². The molecule has 1 aromatic carbocycles. The largest absolute Gasteiger partial charge is 0.493 e. The third-order valence-electron chi connectivity index (χ3n) is 4.53. The molecule has 1 heterocycles. The Hall–Kier alpha value is -2.27. The zero-order chi connectivity index (χ0) is 17.8. The molecule has 134 valence electrons. The summed E-state index contributed by atoms with van der Waals surface area (Å²) in [6, 6.07) is 7.24. The number of hydrogen-bond acceptors (Lipinski definition) is 5. The van der Waals surface area contributed by atoms with Crippen LogP contribution < -0.4 is 9.47 Å². The van der Waals surface area contributed by atoms with E-state index in [4.69, 9.17) is 18.9 Å². The Labute approximate surface area is 148 Å². The Morgan fingerprint density at radius 1 is 1.28 bits per heavy atom. The second kappa shape index (κ2) is 7.74. The number of methoxy groups -OCH3 is 1. The van der Waals surface area contributed by atoms with Crippen LogP contribution in [0.1, 0.15) is 26.2 Å². The van der Waals surface area contributed by atoms with E-state index in [1.54, 1.807) is 19.2 Å². The SMILES string of the molecule is C=C(C)COC1CCC2C(=O)C(Oc3ccccc3OC)=COC2C1. The monoisotopic (exact) mass is 344 g/mol. The van der Waals surface area contributed by atoms with Gasteiger partial charge in [-0.05, 0) is 31.9 Å². The summed E-state index contributed by atoms with van der Waals surface area (Å²) >= 11 is 0. The first-order valence-electron chi connectivity index (χ1n) is 8.55. The van der Waals surface area contributed by atoms with Gasteiger partial charge < -0.3 is 18.9 Å². The summed E-state index contributed by atoms with van der Waals surface area (Å²) in [6.45, 7) is 6.34. The predicted octanol–water partition coefficient (Wildman–Crippen LogP) is 3.64.